The number of rotatable bonds is 8. The molecule has 0 bridgehead atoms. The fraction of sp³-hybridized carbons (Fsp3) is 0.611. The maximum absolute atomic E-state index is 10.9. The van der Waals surface area contributed by atoms with Crippen LogP contribution in [0.5, 0.6) is 5.75 Å². The Morgan fingerprint density at radius 1 is 1.52 bits per heavy atom. The van der Waals surface area contributed by atoms with Crippen molar-refractivity contribution in [2.24, 2.45) is 11.7 Å². The summed E-state index contributed by atoms with van der Waals surface area (Å²) < 4.78 is 5.66. The van der Waals surface area contributed by atoms with Gasteiger partial charge in [-0.15, -0.1) is 0 Å². The van der Waals surface area contributed by atoms with Crippen molar-refractivity contribution in [1.29, 1.82) is 0 Å². The molecule has 1 amide bonds. The van der Waals surface area contributed by atoms with Crippen LogP contribution in [0.15, 0.2) is 24.3 Å². The van der Waals surface area contributed by atoms with Crippen LogP contribution in [0.25, 0.3) is 0 Å². The summed E-state index contributed by atoms with van der Waals surface area (Å²) in [4.78, 5) is 13.2. The van der Waals surface area contributed by atoms with Crippen molar-refractivity contribution in [2.45, 2.75) is 38.7 Å². The molecule has 0 radical (unpaired) electrons. The first-order chi connectivity index (χ1) is 11.0. The van der Waals surface area contributed by atoms with Crippen LogP contribution < -0.4 is 10.5 Å². The molecule has 1 saturated heterocycles. The van der Waals surface area contributed by atoms with Crippen molar-refractivity contribution in [3.05, 3.63) is 29.8 Å². The van der Waals surface area contributed by atoms with Crippen LogP contribution >= 0.6 is 0 Å². The third-order valence-corrected chi connectivity index (χ3v) is 4.30. The van der Waals surface area contributed by atoms with Crippen molar-refractivity contribution in [3.63, 3.8) is 0 Å². The van der Waals surface area contributed by atoms with E-state index in [1.807, 2.05) is 31.2 Å². The Labute approximate surface area is 138 Å². The number of β-amino-alcohol motifs (C(OH)–C–C–N with tert-alkyl or cyclic N) is 1. The molecule has 1 aromatic rings. The zero-order valence-corrected chi connectivity index (χ0v) is 13.9. The van der Waals surface area contributed by atoms with E-state index in [-0.39, 0.29) is 5.91 Å². The van der Waals surface area contributed by atoms with Crippen molar-refractivity contribution in [3.8, 4) is 5.75 Å². The van der Waals surface area contributed by atoms with Gasteiger partial charge in [-0.1, -0.05) is 12.1 Å². The number of carbonyl (C=O) groups excluding carboxylic acids is 1. The highest BCUT2D eigenvalue weighted by Gasteiger charge is 2.22. The second-order valence-corrected chi connectivity index (χ2v) is 6.55. The molecule has 2 rings (SSSR count). The Kier molecular flexibility index (Phi) is 6.86. The van der Waals surface area contributed by atoms with Gasteiger partial charge in [-0.25, -0.2) is 0 Å². The number of amides is 1. The van der Waals surface area contributed by atoms with Gasteiger partial charge >= 0.3 is 0 Å². The zero-order chi connectivity index (χ0) is 16.7. The standard InChI is InChI=1S/C18H28N2O3/c1-14-4-2-6-17(10-14)23-13-16(21)12-20-9-3-5-15(11-20)7-8-18(19)22/h2,4,6,10,15-16,21H,3,5,7-9,11-13H2,1H3,(H2,19,22). The first-order valence-electron chi connectivity index (χ1n) is 8.41. The zero-order valence-electron chi connectivity index (χ0n) is 13.9. The van der Waals surface area contributed by atoms with Gasteiger partial charge in [0.15, 0.2) is 0 Å². The average Bonchev–Trinajstić information content (AvgIpc) is 2.51. The summed E-state index contributed by atoms with van der Waals surface area (Å²) in [5, 5.41) is 10.2. The SMILES string of the molecule is Cc1cccc(OCC(O)CN2CCCC(CCC(N)=O)C2)c1. The van der Waals surface area contributed by atoms with E-state index in [2.05, 4.69) is 4.90 Å². The number of aliphatic hydroxyl groups is 1. The monoisotopic (exact) mass is 320 g/mol. The quantitative estimate of drug-likeness (QED) is 0.764. The summed E-state index contributed by atoms with van der Waals surface area (Å²) in [6.07, 6.45) is 3.04. The number of piperidine rings is 1. The summed E-state index contributed by atoms with van der Waals surface area (Å²) >= 11 is 0. The number of hydrogen-bond acceptors (Lipinski definition) is 4. The number of likely N-dealkylation sites (tertiary alicyclic amines) is 1. The highest BCUT2D eigenvalue weighted by molar-refractivity contribution is 5.73. The number of aliphatic hydroxyl groups excluding tert-OH is 1. The van der Waals surface area contributed by atoms with E-state index in [9.17, 15) is 9.90 Å². The molecule has 5 heteroatoms. The maximum atomic E-state index is 10.9. The summed E-state index contributed by atoms with van der Waals surface area (Å²) in [6.45, 7) is 4.84. The lowest BCUT2D eigenvalue weighted by atomic mass is 9.93. The van der Waals surface area contributed by atoms with Gasteiger partial charge in [0.2, 0.25) is 5.91 Å². The number of benzene rings is 1. The van der Waals surface area contributed by atoms with Gasteiger partial charge in [-0.2, -0.15) is 0 Å². The molecule has 1 fully saturated rings. The first-order valence-corrected chi connectivity index (χ1v) is 8.41. The molecule has 128 valence electrons. The van der Waals surface area contributed by atoms with Crippen LogP contribution in [0.2, 0.25) is 0 Å². The summed E-state index contributed by atoms with van der Waals surface area (Å²) in [6, 6.07) is 7.84. The minimum Gasteiger partial charge on any atom is -0.491 e. The van der Waals surface area contributed by atoms with Crippen LogP contribution in [0.4, 0.5) is 0 Å². The Morgan fingerprint density at radius 2 is 2.35 bits per heavy atom. The number of hydrogen-bond donors (Lipinski definition) is 2. The maximum Gasteiger partial charge on any atom is 0.217 e. The second-order valence-electron chi connectivity index (χ2n) is 6.55. The topological polar surface area (TPSA) is 75.8 Å². The number of primary amides is 1. The van der Waals surface area contributed by atoms with Gasteiger partial charge < -0.3 is 20.5 Å². The van der Waals surface area contributed by atoms with E-state index >= 15 is 0 Å². The molecule has 0 aromatic heterocycles. The lowest BCUT2D eigenvalue weighted by Gasteiger charge is -2.33. The number of ether oxygens (including phenoxy) is 1. The predicted octanol–water partition coefficient (Wildman–Crippen LogP) is 1.71. The minimum absolute atomic E-state index is 0.228. The van der Waals surface area contributed by atoms with Crippen molar-refractivity contribution in [2.75, 3.05) is 26.2 Å². The molecule has 1 aromatic carbocycles. The van der Waals surface area contributed by atoms with Crippen LogP contribution in [-0.2, 0) is 4.79 Å². The van der Waals surface area contributed by atoms with Crippen LogP contribution in [0.1, 0.15) is 31.2 Å². The molecule has 0 aliphatic carbocycles. The van der Waals surface area contributed by atoms with Gasteiger partial charge in [0.25, 0.3) is 0 Å². The van der Waals surface area contributed by atoms with Crippen molar-refractivity contribution < 1.29 is 14.6 Å². The summed E-state index contributed by atoms with van der Waals surface area (Å²) in [5.41, 5.74) is 6.37. The van der Waals surface area contributed by atoms with E-state index < -0.39 is 6.10 Å². The summed E-state index contributed by atoms with van der Waals surface area (Å²) in [7, 11) is 0. The Bertz CT molecular complexity index is 507. The highest BCUT2D eigenvalue weighted by Crippen LogP contribution is 2.21. The lowest BCUT2D eigenvalue weighted by Crippen LogP contribution is -2.42. The minimum atomic E-state index is -0.509. The third kappa shape index (κ3) is 6.59. The molecule has 1 aliphatic rings. The number of carbonyl (C=O) groups is 1. The van der Waals surface area contributed by atoms with E-state index in [1.54, 1.807) is 0 Å². The number of nitrogens with two attached hydrogens (primary N) is 1. The van der Waals surface area contributed by atoms with Gasteiger partial charge in [0.1, 0.15) is 18.5 Å². The molecule has 2 unspecified atom stereocenters. The first kappa shape index (κ1) is 17.8. The van der Waals surface area contributed by atoms with Gasteiger partial charge in [0.05, 0.1) is 0 Å². The Balaban J connectivity index is 1.71. The number of aryl methyl sites for hydroxylation is 1. The Morgan fingerprint density at radius 3 is 3.09 bits per heavy atom. The Hall–Kier alpha value is -1.59. The third-order valence-electron chi connectivity index (χ3n) is 4.30. The molecular formula is C18H28N2O3. The van der Waals surface area contributed by atoms with E-state index in [0.29, 0.717) is 25.5 Å². The van der Waals surface area contributed by atoms with Crippen molar-refractivity contribution >= 4 is 5.91 Å². The van der Waals surface area contributed by atoms with E-state index in [4.69, 9.17) is 10.5 Å². The average molecular weight is 320 g/mol. The molecule has 5 nitrogen and oxygen atoms in total. The fourth-order valence-electron chi connectivity index (χ4n) is 3.15. The van der Waals surface area contributed by atoms with E-state index in [1.165, 1.54) is 0 Å². The molecule has 0 spiro atoms. The van der Waals surface area contributed by atoms with E-state index in [0.717, 1.165) is 43.7 Å². The smallest absolute Gasteiger partial charge is 0.217 e. The van der Waals surface area contributed by atoms with Crippen LogP contribution in [-0.4, -0.2) is 48.3 Å². The second kappa shape index (κ2) is 8.89. The van der Waals surface area contributed by atoms with Gasteiger partial charge in [-0.05, 0) is 56.3 Å². The summed E-state index contributed by atoms with van der Waals surface area (Å²) in [5.74, 6) is 1.07. The van der Waals surface area contributed by atoms with Crippen LogP contribution in [0.3, 0.4) is 0 Å². The molecule has 0 saturated carbocycles. The fourth-order valence-corrected chi connectivity index (χ4v) is 3.15. The van der Waals surface area contributed by atoms with Gasteiger partial charge in [0, 0.05) is 19.5 Å². The molecular weight excluding hydrogens is 292 g/mol. The molecule has 23 heavy (non-hydrogen) atoms. The lowest BCUT2D eigenvalue weighted by molar-refractivity contribution is -0.118. The molecule has 1 aliphatic heterocycles. The van der Waals surface area contributed by atoms with Crippen LogP contribution in [0, 0.1) is 12.8 Å². The van der Waals surface area contributed by atoms with Gasteiger partial charge in [-0.3, -0.25) is 4.79 Å². The normalized spacial score (nSPS) is 20.2. The number of nitrogens with zero attached hydrogens (tertiary/aromatic N) is 1. The predicted molar refractivity (Wildman–Crippen MR) is 90.3 cm³/mol. The highest BCUT2D eigenvalue weighted by atomic mass is 16.5. The molecule has 3 N–H and O–H groups in total. The molecule has 2 atom stereocenters. The van der Waals surface area contributed by atoms with Crippen molar-refractivity contribution in [1.82, 2.24) is 4.90 Å². The largest absolute Gasteiger partial charge is 0.491 e. The molecule has 1 heterocycles.